The van der Waals surface area contributed by atoms with E-state index in [1.807, 2.05) is 0 Å². The molecule has 1 atom stereocenters. The summed E-state index contributed by atoms with van der Waals surface area (Å²) >= 11 is 0. The van der Waals surface area contributed by atoms with E-state index in [1.54, 1.807) is 5.92 Å². The van der Waals surface area contributed by atoms with Gasteiger partial charge in [0.2, 0.25) is 0 Å². The lowest BCUT2D eigenvalue weighted by molar-refractivity contribution is 0.424. The maximum Gasteiger partial charge on any atom is -0.0244 e. The Morgan fingerprint density at radius 2 is 2.12 bits per heavy atom. The van der Waals surface area contributed by atoms with E-state index in [9.17, 15) is 0 Å². The Labute approximate surface area is 52.3 Å². The van der Waals surface area contributed by atoms with Gasteiger partial charge in [-0.3, -0.25) is 0 Å². The van der Waals surface area contributed by atoms with Crippen molar-refractivity contribution in [2.75, 3.05) is 0 Å². The van der Waals surface area contributed by atoms with Gasteiger partial charge in [0.05, 0.1) is 0 Å². The van der Waals surface area contributed by atoms with Gasteiger partial charge in [0.25, 0.3) is 0 Å². The van der Waals surface area contributed by atoms with E-state index in [0.717, 1.165) is 5.92 Å². The summed E-state index contributed by atoms with van der Waals surface area (Å²) in [5.74, 6) is 2.64. The zero-order chi connectivity index (χ0) is 5.98. The molecular formula is C8H15. The third kappa shape index (κ3) is 1.24. The summed E-state index contributed by atoms with van der Waals surface area (Å²) in [4.78, 5) is 0. The molecule has 8 heavy (non-hydrogen) atoms. The molecule has 0 heteroatoms. The molecule has 1 rings (SSSR count). The molecule has 0 bridgehead atoms. The van der Waals surface area contributed by atoms with Crippen LogP contribution in [0.3, 0.4) is 0 Å². The van der Waals surface area contributed by atoms with Gasteiger partial charge in [-0.15, -0.1) is 0 Å². The molecule has 0 heterocycles. The van der Waals surface area contributed by atoms with Crippen LogP contribution in [0.25, 0.3) is 0 Å². The lowest BCUT2D eigenvalue weighted by Gasteiger charge is -2.23. The Bertz CT molecular complexity index is 56.4. The molecule has 0 aromatic rings. The van der Waals surface area contributed by atoms with Gasteiger partial charge < -0.3 is 0 Å². The SMILES string of the molecule is C[C]1CCCCC1C. The first-order valence-corrected chi connectivity index (χ1v) is 3.63. The second kappa shape index (κ2) is 2.52. The van der Waals surface area contributed by atoms with Gasteiger partial charge in [-0.25, -0.2) is 0 Å². The third-order valence-electron chi connectivity index (χ3n) is 2.30. The van der Waals surface area contributed by atoms with Crippen LogP contribution in [0, 0.1) is 11.8 Å². The van der Waals surface area contributed by atoms with Crippen LogP contribution in [0.2, 0.25) is 0 Å². The maximum atomic E-state index is 2.34. The molecule has 1 radical (unpaired) electrons. The van der Waals surface area contributed by atoms with Gasteiger partial charge in [-0.1, -0.05) is 33.1 Å². The van der Waals surface area contributed by atoms with Crippen LogP contribution >= 0.6 is 0 Å². The summed E-state index contributed by atoms with van der Waals surface area (Å²) in [5.41, 5.74) is 0. The molecule has 0 aliphatic heterocycles. The Kier molecular flexibility index (Phi) is 1.93. The summed E-state index contributed by atoms with van der Waals surface area (Å²) in [7, 11) is 0. The second-order valence-electron chi connectivity index (χ2n) is 2.99. The van der Waals surface area contributed by atoms with E-state index < -0.39 is 0 Å². The highest BCUT2D eigenvalue weighted by Crippen LogP contribution is 2.30. The molecule has 1 unspecified atom stereocenters. The van der Waals surface area contributed by atoms with Gasteiger partial charge in [0.1, 0.15) is 0 Å². The lowest BCUT2D eigenvalue weighted by atomic mass is 9.82. The molecule has 0 saturated heterocycles. The molecule has 0 spiro atoms. The summed E-state index contributed by atoms with van der Waals surface area (Å²) in [6.45, 7) is 4.64. The van der Waals surface area contributed by atoms with Crippen LogP contribution < -0.4 is 0 Å². The molecule has 47 valence electrons. The molecule has 1 saturated carbocycles. The molecular weight excluding hydrogens is 96.1 g/mol. The standard InChI is InChI=1S/C8H15/c1-7-5-3-4-6-8(7)2/h7H,3-6H2,1-2H3. The second-order valence-corrected chi connectivity index (χ2v) is 2.99. The molecule has 1 fully saturated rings. The van der Waals surface area contributed by atoms with Crippen molar-refractivity contribution in [1.29, 1.82) is 0 Å². The van der Waals surface area contributed by atoms with Crippen molar-refractivity contribution in [2.24, 2.45) is 5.92 Å². The number of hydrogen-bond donors (Lipinski definition) is 0. The fraction of sp³-hybridized carbons (Fsp3) is 0.875. The number of rotatable bonds is 0. The van der Waals surface area contributed by atoms with Gasteiger partial charge in [-0.2, -0.15) is 0 Å². The first-order valence-electron chi connectivity index (χ1n) is 3.63. The minimum absolute atomic E-state index is 0.920. The highest BCUT2D eigenvalue weighted by atomic mass is 14.2. The predicted molar refractivity (Wildman–Crippen MR) is 36.5 cm³/mol. The van der Waals surface area contributed by atoms with Crippen molar-refractivity contribution in [3.05, 3.63) is 5.92 Å². The Hall–Kier alpha value is 0. The highest BCUT2D eigenvalue weighted by Gasteiger charge is 2.16. The van der Waals surface area contributed by atoms with Gasteiger partial charge in [-0.05, 0) is 18.3 Å². The molecule has 0 aromatic heterocycles. The minimum Gasteiger partial charge on any atom is -0.0620 e. The highest BCUT2D eigenvalue weighted by molar-refractivity contribution is 4.92. The monoisotopic (exact) mass is 111 g/mol. The molecule has 0 N–H and O–H groups in total. The van der Waals surface area contributed by atoms with Crippen molar-refractivity contribution in [2.45, 2.75) is 39.5 Å². The van der Waals surface area contributed by atoms with Gasteiger partial charge in [0, 0.05) is 0 Å². The summed E-state index contributed by atoms with van der Waals surface area (Å²) in [6.07, 6.45) is 5.72. The van der Waals surface area contributed by atoms with Crippen LogP contribution in [0.1, 0.15) is 39.5 Å². The van der Waals surface area contributed by atoms with E-state index in [4.69, 9.17) is 0 Å². The summed E-state index contributed by atoms with van der Waals surface area (Å²) in [6, 6.07) is 0. The predicted octanol–water partition coefficient (Wildman–Crippen LogP) is 2.79. The minimum atomic E-state index is 0.920. The van der Waals surface area contributed by atoms with Crippen LogP contribution in [0.15, 0.2) is 0 Å². The molecule has 1 aliphatic rings. The Morgan fingerprint density at radius 1 is 1.38 bits per heavy atom. The average Bonchev–Trinajstić information content (AvgIpc) is 1.77. The third-order valence-corrected chi connectivity index (χ3v) is 2.30. The fourth-order valence-corrected chi connectivity index (χ4v) is 1.35. The first-order chi connectivity index (χ1) is 3.80. The van der Waals surface area contributed by atoms with Crippen molar-refractivity contribution >= 4 is 0 Å². The van der Waals surface area contributed by atoms with E-state index in [1.165, 1.54) is 25.7 Å². The quantitative estimate of drug-likeness (QED) is 0.451. The van der Waals surface area contributed by atoms with Crippen LogP contribution in [0.4, 0.5) is 0 Å². The Morgan fingerprint density at radius 3 is 2.50 bits per heavy atom. The molecule has 0 nitrogen and oxygen atoms in total. The lowest BCUT2D eigenvalue weighted by Crippen LogP contribution is -2.10. The molecule has 0 aromatic carbocycles. The van der Waals surface area contributed by atoms with Gasteiger partial charge >= 0.3 is 0 Å². The van der Waals surface area contributed by atoms with Crippen LogP contribution in [-0.4, -0.2) is 0 Å². The van der Waals surface area contributed by atoms with Crippen molar-refractivity contribution in [3.8, 4) is 0 Å². The summed E-state index contributed by atoms with van der Waals surface area (Å²) < 4.78 is 0. The number of hydrogen-bond acceptors (Lipinski definition) is 0. The average molecular weight is 111 g/mol. The van der Waals surface area contributed by atoms with Crippen LogP contribution in [0.5, 0.6) is 0 Å². The van der Waals surface area contributed by atoms with E-state index in [-0.39, 0.29) is 0 Å². The maximum absolute atomic E-state index is 2.34. The summed E-state index contributed by atoms with van der Waals surface area (Å²) in [5, 5.41) is 0. The zero-order valence-electron chi connectivity index (χ0n) is 5.91. The normalized spacial score (nSPS) is 33.0. The van der Waals surface area contributed by atoms with Crippen LogP contribution in [-0.2, 0) is 0 Å². The van der Waals surface area contributed by atoms with E-state index >= 15 is 0 Å². The topological polar surface area (TPSA) is 0 Å². The fourth-order valence-electron chi connectivity index (χ4n) is 1.35. The smallest absolute Gasteiger partial charge is 0.0244 e. The van der Waals surface area contributed by atoms with Crippen molar-refractivity contribution in [3.63, 3.8) is 0 Å². The van der Waals surface area contributed by atoms with E-state index in [0.29, 0.717) is 0 Å². The van der Waals surface area contributed by atoms with Crippen molar-refractivity contribution < 1.29 is 0 Å². The molecule has 0 amide bonds. The Balaban J connectivity index is 2.28. The first kappa shape index (κ1) is 6.12. The largest absolute Gasteiger partial charge is 0.0620 e. The van der Waals surface area contributed by atoms with Gasteiger partial charge in [0.15, 0.2) is 0 Å². The zero-order valence-corrected chi connectivity index (χ0v) is 5.91. The van der Waals surface area contributed by atoms with Crippen molar-refractivity contribution in [1.82, 2.24) is 0 Å². The van der Waals surface area contributed by atoms with E-state index in [2.05, 4.69) is 13.8 Å². The molecule has 1 aliphatic carbocycles.